The largest absolute Gasteiger partial charge is 0.399 e. The van der Waals surface area contributed by atoms with Gasteiger partial charge in [0.15, 0.2) is 0 Å². The third kappa shape index (κ3) is 2.60. The topological polar surface area (TPSA) is 85.1 Å². The minimum Gasteiger partial charge on any atom is -0.399 e. The number of nitrogens with zero attached hydrogens (tertiary/aromatic N) is 1. The second kappa shape index (κ2) is 4.66. The van der Waals surface area contributed by atoms with Crippen LogP contribution in [0.25, 0.3) is 0 Å². The molecule has 0 unspecified atom stereocenters. The van der Waals surface area contributed by atoms with Gasteiger partial charge in [-0.05, 0) is 24.6 Å². The summed E-state index contributed by atoms with van der Waals surface area (Å²) in [7, 11) is -3.63. The highest BCUT2D eigenvalue weighted by molar-refractivity contribution is 7.92. The van der Waals surface area contributed by atoms with Crippen molar-refractivity contribution in [3.05, 3.63) is 48.2 Å². The lowest BCUT2D eigenvalue weighted by Crippen LogP contribution is -2.15. The van der Waals surface area contributed by atoms with E-state index < -0.39 is 10.0 Å². The molecule has 2 rings (SSSR count). The molecule has 0 spiro atoms. The molecule has 94 valence electrons. The van der Waals surface area contributed by atoms with Gasteiger partial charge in [0.05, 0.1) is 4.90 Å². The van der Waals surface area contributed by atoms with Crippen LogP contribution in [0.1, 0.15) is 5.56 Å². The molecular formula is C12H13N3O2S. The highest BCUT2D eigenvalue weighted by Crippen LogP contribution is 2.18. The first-order valence-electron chi connectivity index (χ1n) is 5.29. The summed E-state index contributed by atoms with van der Waals surface area (Å²) < 4.78 is 26.7. The molecule has 0 saturated carbocycles. The Balaban J connectivity index is 2.37. The van der Waals surface area contributed by atoms with Crippen molar-refractivity contribution in [1.82, 2.24) is 4.98 Å². The zero-order valence-corrected chi connectivity index (χ0v) is 10.6. The van der Waals surface area contributed by atoms with E-state index in [-0.39, 0.29) is 10.7 Å². The van der Waals surface area contributed by atoms with Crippen LogP contribution in [0.15, 0.2) is 47.5 Å². The van der Waals surface area contributed by atoms with Crippen molar-refractivity contribution in [2.45, 2.75) is 11.8 Å². The van der Waals surface area contributed by atoms with Crippen molar-refractivity contribution in [1.29, 1.82) is 0 Å². The van der Waals surface area contributed by atoms with Crippen molar-refractivity contribution in [2.75, 3.05) is 10.5 Å². The van der Waals surface area contributed by atoms with E-state index in [0.29, 0.717) is 11.3 Å². The van der Waals surface area contributed by atoms with Crippen molar-refractivity contribution in [2.24, 2.45) is 0 Å². The van der Waals surface area contributed by atoms with Gasteiger partial charge in [0.25, 0.3) is 10.0 Å². The van der Waals surface area contributed by atoms with Crippen LogP contribution < -0.4 is 10.5 Å². The fourth-order valence-electron chi connectivity index (χ4n) is 1.55. The number of anilines is 2. The third-order valence-electron chi connectivity index (χ3n) is 2.41. The summed E-state index contributed by atoms with van der Waals surface area (Å²) in [6.45, 7) is 1.74. The summed E-state index contributed by atoms with van der Waals surface area (Å²) >= 11 is 0. The molecule has 0 aliphatic heterocycles. The van der Waals surface area contributed by atoms with Crippen LogP contribution in [-0.4, -0.2) is 13.4 Å². The Morgan fingerprint density at radius 2 is 1.94 bits per heavy atom. The number of rotatable bonds is 3. The number of nitrogen functional groups attached to an aromatic ring is 1. The number of nitrogens with two attached hydrogens (primary N) is 1. The Kier molecular flexibility index (Phi) is 3.20. The average Bonchev–Trinajstić information content (AvgIpc) is 2.28. The number of sulfonamides is 1. The summed E-state index contributed by atoms with van der Waals surface area (Å²) in [5.74, 6) is 0.207. The molecule has 2 aromatic rings. The maximum Gasteiger partial charge on any atom is 0.263 e. The number of benzene rings is 1. The quantitative estimate of drug-likeness (QED) is 0.883. The summed E-state index contributed by atoms with van der Waals surface area (Å²) in [5, 5.41) is 0. The van der Waals surface area contributed by atoms with Crippen LogP contribution >= 0.6 is 0 Å². The fraction of sp³-hybridized carbons (Fsp3) is 0.0833. The molecular weight excluding hydrogens is 250 g/mol. The van der Waals surface area contributed by atoms with Gasteiger partial charge in [-0.3, -0.25) is 4.72 Å². The molecule has 0 amide bonds. The third-order valence-corrected chi connectivity index (χ3v) is 3.92. The summed E-state index contributed by atoms with van der Waals surface area (Å²) in [6, 6.07) is 9.80. The normalized spacial score (nSPS) is 11.2. The summed E-state index contributed by atoms with van der Waals surface area (Å²) in [4.78, 5) is 4.14. The summed E-state index contributed by atoms with van der Waals surface area (Å²) in [5.41, 5.74) is 6.70. The lowest BCUT2D eigenvalue weighted by atomic mass is 10.2. The number of aromatic nitrogens is 1. The first-order chi connectivity index (χ1) is 8.49. The molecule has 1 heterocycles. The van der Waals surface area contributed by atoms with Crippen molar-refractivity contribution < 1.29 is 8.42 Å². The van der Waals surface area contributed by atoms with E-state index in [1.807, 2.05) is 0 Å². The molecule has 0 radical (unpaired) electrons. The van der Waals surface area contributed by atoms with Gasteiger partial charge >= 0.3 is 0 Å². The minimum atomic E-state index is -3.63. The Bertz CT molecular complexity index is 669. The van der Waals surface area contributed by atoms with E-state index in [9.17, 15) is 8.42 Å². The van der Waals surface area contributed by atoms with Crippen LogP contribution in [0.3, 0.4) is 0 Å². The van der Waals surface area contributed by atoms with E-state index in [1.165, 1.54) is 12.3 Å². The summed E-state index contributed by atoms with van der Waals surface area (Å²) in [6.07, 6.45) is 1.45. The number of hydrogen-bond acceptors (Lipinski definition) is 4. The van der Waals surface area contributed by atoms with Crippen LogP contribution in [0.5, 0.6) is 0 Å². The van der Waals surface area contributed by atoms with Gasteiger partial charge in [-0.15, -0.1) is 0 Å². The molecule has 0 atom stereocenters. The van der Waals surface area contributed by atoms with Gasteiger partial charge in [0.2, 0.25) is 0 Å². The van der Waals surface area contributed by atoms with E-state index in [1.54, 1.807) is 37.3 Å². The zero-order chi connectivity index (χ0) is 13.2. The molecule has 3 N–H and O–H groups in total. The molecule has 5 nitrogen and oxygen atoms in total. The van der Waals surface area contributed by atoms with Crippen molar-refractivity contribution in [3.8, 4) is 0 Å². The first kappa shape index (κ1) is 12.4. The maximum atomic E-state index is 12.1. The van der Waals surface area contributed by atoms with Gasteiger partial charge in [0.1, 0.15) is 5.82 Å². The van der Waals surface area contributed by atoms with Gasteiger partial charge in [-0.2, -0.15) is 0 Å². The maximum absolute atomic E-state index is 12.1. The van der Waals surface area contributed by atoms with Crippen molar-refractivity contribution in [3.63, 3.8) is 0 Å². The standard InChI is InChI=1S/C12H13N3O2S/c1-9-4-2-3-5-11(9)18(16,17)15-12-8-10(13)6-7-14-12/h2-8H,1H3,(H3,13,14,15). The zero-order valence-electron chi connectivity index (χ0n) is 9.79. The lowest BCUT2D eigenvalue weighted by molar-refractivity contribution is 0.600. The molecule has 1 aromatic carbocycles. The Labute approximate surface area is 106 Å². The minimum absolute atomic E-state index is 0.207. The fourth-order valence-corrected chi connectivity index (χ4v) is 2.80. The molecule has 0 fully saturated rings. The number of nitrogens with one attached hydrogen (secondary N) is 1. The van der Waals surface area contributed by atoms with E-state index in [0.717, 1.165) is 0 Å². The molecule has 0 saturated heterocycles. The SMILES string of the molecule is Cc1ccccc1S(=O)(=O)Nc1cc(N)ccn1. The Morgan fingerprint density at radius 1 is 1.22 bits per heavy atom. The van der Waals surface area contributed by atoms with Crippen LogP contribution in [0, 0.1) is 6.92 Å². The highest BCUT2D eigenvalue weighted by atomic mass is 32.2. The van der Waals surface area contributed by atoms with Gasteiger partial charge in [-0.25, -0.2) is 13.4 Å². The van der Waals surface area contributed by atoms with Gasteiger partial charge in [-0.1, -0.05) is 18.2 Å². The number of hydrogen-bond donors (Lipinski definition) is 2. The highest BCUT2D eigenvalue weighted by Gasteiger charge is 2.16. The second-order valence-electron chi connectivity index (χ2n) is 3.85. The second-order valence-corrected chi connectivity index (χ2v) is 5.50. The number of aryl methyl sites for hydroxylation is 1. The van der Waals surface area contributed by atoms with E-state index >= 15 is 0 Å². The predicted molar refractivity (Wildman–Crippen MR) is 70.6 cm³/mol. The van der Waals surface area contributed by atoms with Crippen LogP contribution in [-0.2, 0) is 10.0 Å². The molecule has 6 heteroatoms. The molecule has 0 aliphatic rings. The Hall–Kier alpha value is -2.08. The lowest BCUT2D eigenvalue weighted by Gasteiger charge is -2.09. The van der Waals surface area contributed by atoms with Crippen LogP contribution in [0.4, 0.5) is 11.5 Å². The molecule has 0 aliphatic carbocycles. The van der Waals surface area contributed by atoms with Gasteiger partial charge < -0.3 is 5.73 Å². The van der Waals surface area contributed by atoms with E-state index in [2.05, 4.69) is 9.71 Å². The molecule has 1 aromatic heterocycles. The number of pyridine rings is 1. The van der Waals surface area contributed by atoms with Gasteiger partial charge in [0, 0.05) is 18.0 Å². The monoisotopic (exact) mass is 263 g/mol. The smallest absolute Gasteiger partial charge is 0.263 e. The predicted octanol–water partition coefficient (Wildman–Crippen LogP) is 1.77. The molecule has 18 heavy (non-hydrogen) atoms. The average molecular weight is 263 g/mol. The molecule has 0 bridgehead atoms. The van der Waals surface area contributed by atoms with E-state index in [4.69, 9.17) is 5.73 Å². The first-order valence-corrected chi connectivity index (χ1v) is 6.77. The Morgan fingerprint density at radius 3 is 2.61 bits per heavy atom. The van der Waals surface area contributed by atoms with Crippen LogP contribution in [0.2, 0.25) is 0 Å². The van der Waals surface area contributed by atoms with Crippen molar-refractivity contribution >= 4 is 21.5 Å².